The number of rotatable bonds is 3. The Balaban J connectivity index is 2.28. The quantitative estimate of drug-likeness (QED) is 0.689. The Morgan fingerprint density at radius 3 is 2.83 bits per heavy atom. The minimum absolute atomic E-state index is 0.00706. The maximum Gasteiger partial charge on any atom is 0.262 e. The fraction of sp³-hybridized carbons (Fsp3) is 0.385. The van der Waals surface area contributed by atoms with E-state index < -0.39 is 0 Å². The van der Waals surface area contributed by atoms with Gasteiger partial charge in [-0.15, -0.1) is 0 Å². The Morgan fingerprint density at radius 1 is 1.44 bits per heavy atom. The van der Waals surface area contributed by atoms with Crippen LogP contribution in [0.25, 0.3) is 0 Å². The van der Waals surface area contributed by atoms with Gasteiger partial charge in [-0.1, -0.05) is 29.8 Å². The Morgan fingerprint density at radius 2 is 2.17 bits per heavy atom. The minimum atomic E-state index is -0.226. The van der Waals surface area contributed by atoms with Crippen molar-refractivity contribution >= 4 is 33.3 Å². The highest BCUT2D eigenvalue weighted by Gasteiger charge is 2.23. The van der Waals surface area contributed by atoms with Crippen LogP contribution in [0.5, 0.6) is 5.75 Å². The first kappa shape index (κ1) is 13.1. The van der Waals surface area contributed by atoms with Crippen LogP contribution in [0.2, 0.25) is 0 Å². The van der Waals surface area contributed by atoms with Crippen LogP contribution in [0.1, 0.15) is 24.2 Å². The first-order valence-corrected chi connectivity index (χ1v) is 6.65. The summed E-state index contributed by atoms with van der Waals surface area (Å²) >= 11 is 3.38. The Hall–Kier alpha value is -1.36. The average molecular weight is 312 g/mol. The van der Waals surface area contributed by atoms with E-state index in [0.29, 0.717) is 17.0 Å². The fourth-order valence-electron chi connectivity index (χ4n) is 1.70. The van der Waals surface area contributed by atoms with Crippen LogP contribution in [0.15, 0.2) is 18.2 Å². The van der Waals surface area contributed by atoms with Crippen molar-refractivity contribution in [3.05, 3.63) is 23.8 Å². The maximum absolute atomic E-state index is 12.2. The zero-order chi connectivity index (χ0) is 13.3. The third-order valence-corrected chi connectivity index (χ3v) is 4.21. The summed E-state index contributed by atoms with van der Waals surface area (Å²) in [6, 6.07) is 5.09. The van der Waals surface area contributed by atoms with Gasteiger partial charge in [-0.25, -0.2) is 0 Å². The summed E-state index contributed by atoms with van der Waals surface area (Å²) in [6.07, 6.45) is 0. The second kappa shape index (κ2) is 5.10. The summed E-state index contributed by atoms with van der Waals surface area (Å²) in [5, 5.41) is 2.69. The lowest BCUT2D eigenvalue weighted by Gasteiger charge is -2.19. The largest absolute Gasteiger partial charge is 0.482 e. The van der Waals surface area contributed by atoms with Gasteiger partial charge in [0.25, 0.3) is 5.91 Å². The van der Waals surface area contributed by atoms with Gasteiger partial charge >= 0.3 is 0 Å². The molecule has 1 amide bonds. The number of nitrogens with one attached hydrogen (secondary N) is 1. The van der Waals surface area contributed by atoms with Crippen LogP contribution in [-0.2, 0) is 4.79 Å². The molecule has 0 saturated carbocycles. The predicted molar refractivity (Wildman–Crippen MR) is 72.5 cm³/mol. The molecule has 0 aliphatic carbocycles. The molecule has 0 fully saturated rings. The number of carbonyl (C=O) groups excluding carboxylic acids is 2. The number of fused-ring (bicyclic) bond motifs is 1. The summed E-state index contributed by atoms with van der Waals surface area (Å²) in [5.41, 5.74) is 1.12. The number of halogens is 1. The predicted octanol–water partition coefficient (Wildman–Crippen LogP) is 2.62. The lowest BCUT2D eigenvalue weighted by Crippen LogP contribution is -2.26. The number of ether oxygens (including phenoxy) is 1. The molecule has 0 aromatic heterocycles. The van der Waals surface area contributed by atoms with Gasteiger partial charge < -0.3 is 10.1 Å². The minimum Gasteiger partial charge on any atom is -0.482 e. The Kier molecular flexibility index (Phi) is 3.71. The summed E-state index contributed by atoms with van der Waals surface area (Å²) in [5.74, 6) is 0.611. The highest BCUT2D eigenvalue weighted by molar-refractivity contribution is 9.10. The molecular formula is C13H14BrNO3. The van der Waals surface area contributed by atoms with E-state index in [0.717, 1.165) is 0 Å². The van der Waals surface area contributed by atoms with Gasteiger partial charge in [-0.3, -0.25) is 9.59 Å². The molecule has 1 aliphatic heterocycles. The van der Waals surface area contributed by atoms with Crippen LogP contribution in [0.3, 0.4) is 0 Å². The molecule has 1 N–H and O–H groups in total. The smallest absolute Gasteiger partial charge is 0.262 e. The molecule has 1 heterocycles. The summed E-state index contributed by atoms with van der Waals surface area (Å²) in [4.78, 5) is 23.1. The van der Waals surface area contributed by atoms with Gasteiger partial charge in [0.05, 0.1) is 10.5 Å². The van der Waals surface area contributed by atoms with E-state index in [1.165, 1.54) is 0 Å². The molecule has 1 aromatic carbocycles. The lowest BCUT2D eigenvalue weighted by atomic mass is 10.0. The molecule has 0 bridgehead atoms. The van der Waals surface area contributed by atoms with Gasteiger partial charge in [0, 0.05) is 5.56 Å². The van der Waals surface area contributed by atoms with E-state index >= 15 is 0 Å². The van der Waals surface area contributed by atoms with Crippen LogP contribution in [0, 0.1) is 5.92 Å². The van der Waals surface area contributed by atoms with E-state index in [9.17, 15) is 9.59 Å². The van der Waals surface area contributed by atoms with Crippen molar-refractivity contribution in [2.45, 2.75) is 18.7 Å². The number of anilines is 1. The molecule has 1 aliphatic rings. The molecule has 0 radical (unpaired) electrons. The van der Waals surface area contributed by atoms with Crippen LogP contribution < -0.4 is 10.1 Å². The SMILES string of the molecule is CC(C)C(Br)C(=O)c1ccc2c(c1)NC(=O)CO2. The highest BCUT2D eigenvalue weighted by atomic mass is 79.9. The van der Waals surface area contributed by atoms with Gasteiger partial charge in [0.1, 0.15) is 5.75 Å². The third-order valence-electron chi connectivity index (χ3n) is 2.73. The zero-order valence-electron chi connectivity index (χ0n) is 10.2. The molecule has 96 valence electrons. The van der Waals surface area contributed by atoms with E-state index in [1.807, 2.05) is 13.8 Å². The number of hydrogen-bond acceptors (Lipinski definition) is 3. The number of benzene rings is 1. The van der Waals surface area contributed by atoms with Crippen LogP contribution in [-0.4, -0.2) is 23.1 Å². The van der Waals surface area contributed by atoms with Crippen molar-refractivity contribution in [2.24, 2.45) is 5.92 Å². The number of alkyl halides is 1. The number of amides is 1. The zero-order valence-corrected chi connectivity index (χ0v) is 11.8. The third kappa shape index (κ3) is 2.56. The number of hydrogen-bond donors (Lipinski definition) is 1. The number of carbonyl (C=O) groups is 2. The van der Waals surface area contributed by atoms with E-state index in [4.69, 9.17) is 4.74 Å². The van der Waals surface area contributed by atoms with Gasteiger partial charge in [0.15, 0.2) is 12.4 Å². The standard InChI is InChI=1S/C13H14BrNO3/c1-7(2)12(14)13(17)8-3-4-10-9(5-8)15-11(16)6-18-10/h3-5,7,12H,6H2,1-2H3,(H,15,16). The highest BCUT2D eigenvalue weighted by Crippen LogP contribution is 2.30. The van der Waals surface area contributed by atoms with Gasteiger partial charge in [-0.05, 0) is 24.1 Å². The molecule has 1 atom stereocenters. The first-order chi connectivity index (χ1) is 8.49. The topological polar surface area (TPSA) is 55.4 Å². The summed E-state index contributed by atoms with van der Waals surface area (Å²) in [6.45, 7) is 3.97. The lowest BCUT2D eigenvalue weighted by molar-refractivity contribution is -0.118. The van der Waals surface area contributed by atoms with Crippen LogP contribution >= 0.6 is 15.9 Å². The number of ketones is 1. The van der Waals surface area contributed by atoms with Crippen molar-refractivity contribution in [3.8, 4) is 5.75 Å². The molecule has 18 heavy (non-hydrogen) atoms. The molecule has 1 unspecified atom stereocenters. The van der Waals surface area contributed by atoms with Gasteiger partial charge in [0.2, 0.25) is 0 Å². The van der Waals surface area contributed by atoms with Crippen molar-refractivity contribution in [3.63, 3.8) is 0 Å². The summed E-state index contributed by atoms with van der Waals surface area (Å²) < 4.78 is 5.24. The molecule has 4 nitrogen and oxygen atoms in total. The van der Waals surface area contributed by atoms with Crippen molar-refractivity contribution in [2.75, 3.05) is 11.9 Å². The second-order valence-electron chi connectivity index (χ2n) is 4.56. The second-order valence-corrected chi connectivity index (χ2v) is 5.54. The molecule has 0 saturated heterocycles. The molecule has 0 spiro atoms. The maximum atomic E-state index is 12.2. The molecule has 5 heteroatoms. The molecule has 2 rings (SSSR count). The van der Waals surface area contributed by atoms with Crippen molar-refractivity contribution in [1.29, 1.82) is 0 Å². The Bertz CT molecular complexity index is 499. The van der Waals surface area contributed by atoms with E-state index in [-0.39, 0.29) is 29.0 Å². The fourth-order valence-corrected chi connectivity index (χ4v) is 1.96. The first-order valence-electron chi connectivity index (χ1n) is 5.74. The van der Waals surface area contributed by atoms with Crippen molar-refractivity contribution in [1.82, 2.24) is 0 Å². The monoisotopic (exact) mass is 311 g/mol. The van der Waals surface area contributed by atoms with Crippen molar-refractivity contribution < 1.29 is 14.3 Å². The number of Topliss-reactive ketones (excluding diaryl/α,β-unsaturated/α-hetero) is 1. The normalized spacial score (nSPS) is 15.7. The average Bonchev–Trinajstić information content (AvgIpc) is 2.35. The molecular weight excluding hydrogens is 298 g/mol. The van der Waals surface area contributed by atoms with E-state index in [1.54, 1.807) is 18.2 Å². The van der Waals surface area contributed by atoms with E-state index in [2.05, 4.69) is 21.2 Å². The Labute approximate surface area is 114 Å². The van der Waals surface area contributed by atoms with Gasteiger partial charge in [-0.2, -0.15) is 0 Å². The summed E-state index contributed by atoms with van der Waals surface area (Å²) in [7, 11) is 0. The molecule has 1 aromatic rings. The van der Waals surface area contributed by atoms with Crippen LogP contribution in [0.4, 0.5) is 5.69 Å².